The van der Waals surface area contributed by atoms with Gasteiger partial charge in [0.15, 0.2) is 0 Å². The molecule has 0 aromatic rings. The van der Waals surface area contributed by atoms with Gasteiger partial charge in [0.05, 0.1) is 5.33 Å². The highest BCUT2D eigenvalue weighted by atomic mass is 79.9. The average Bonchev–Trinajstić information content (AvgIpc) is 2.03. The summed E-state index contributed by atoms with van der Waals surface area (Å²) < 4.78 is 0. The lowest BCUT2D eigenvalue weighted by Crippen LogP contribution is -2.30. The summed E-state index contributed by atoms with van der Waals surface area (Å²) in [5.74, 6) is 0.140. The van der Waals surface area contributed by atoms with Gasteiger partial charge in [0, 0.05) is 13.6 Å². The molecule has 0 fully saturated rings. The lowest BCUT2D eigenvalue weighted by atomic mass is 10.4. The van der Waals surface area contributed by atoms with Crippen LogP contribution in [0.25, 0.3) is 0 Å². The molecule has 0 rings (SSSR count). The monoisotopic (exact) mass is 222 g/mol. The molecule has 1 amide bonds. The largest absolute Gasteiger partial charge is 0.345 e. The summed E-state index contributed by atoms with van der Waals surface area (Å²) in [6.45, 7) is 1.78. The van der Waals surface area contributed by atoms with Gasteiger partial charge in [-0.05, 0) is 20.0 Å². The summed E-state index contributed by atoms with van der Waals surface area (Å²) in [6.07, 6.45) is 1.01. The summed E-state index contributed by atoms with van der Waals surface area (Å²) in [5, 5.41) is 3.45. The zero-order valence-corrected chi connectivity index (χ0v) is 8.65. The van der Waals surface area contributed by atoms with E-state index in [0.29, 0.717) is 5.33 Å². The highest BCUT2D eigenvalue weighted by Crippen LogP contribution is 1.91. The Morgan fingerprint density at radius 1 is 1.64 bits per heavy atom. The Morgan fingerprint density at radius 3 is 2.73 bits per heavy atom. The summed E-state index contributed by atoms with van der Waals surface area (Å²) >= 11 is 3.12. The molecule has 0 unspecified atom stereocenters. The summed E-state index contributed by atoms with van der Waals surface area (Å²) in [5.41, 5.74) is 0. The van der Waals surface area contributed by atoms with Gasteiger partial charge in [-0.15, -0.1) is 0 Å². The molecule has 1 N–H and O–H groups in total. The van der Waals surface area contributed by atoms with Crippen LogP contribution >= 0.6 is 15.9 Å². The SMILES string of the molecule is CNCCCN(C)C(=O)CBr. The maximum absolute atomic E-state index is 11.0. The second-order valence-electron chi connectivity index (χ2n) is 2.41. The van der Waals surface area contributed by atoms with E-state index < -0.39 is 0 Å². The first-order valence-corrected chi connectivity index (χ1v) is 4.79. The summed E-state index contributed by atoms with van der Waals surface area (Å²) in [4.78, 5) is 12.7. The number of alkyl halides is 1. The smallest absolute Gasteiger partial charge is 0.232 e. The van der Waals surface area contributed by atoms with Crippen molar-refractivity contribution in [3.63, 3.8) is 0 Å². The van der Waals surface area contributed by atoms with Gasteiger partial charge < -0.3 is 10.2 Å². The van der Waals surface area contributed by atoms with E-state index in [0.717, 1.165) is 19.5 Å². The highest BCUT2D eigenvalue weighted by Gasteiger charge is 2.04. The van der Waals surface area contributed by atoms with E-state index in [1.54, 1.807) is 4.90 Å². The van der Waals surface area contributed by atoms with Crippen LogP contribution < -0.4 is 5.32 Å². The van der Waals surface area contributed by atoms with Crippen molar-refractivity contribution in [2.75, 3.05) is 32.5 Å². The van der Waals surface area contributed by atoms with E-state index in [9.17, 15) is 4.79 Å². The molecule has 0 aliphatic rings. The molecule has 0 aliphatic carbocycles. The van der Waals surface area contributed by atoms with Crippen molar-refractivity contribution in [1.29, 1.82) is 0 Å². The number of nitrogens with one attached hydrogen (secondary N) is 1. The number of nitrogens with zero attached hydrogens (tertiary/aromatic N) is 1. The third-order valence-electron chi connectivity index (χ3n) is 1.46. The molecule has 0 aromatic carbocycles. The minimum atomic E-state index is 0.140. The molecule has 0 saturated heterocycles. The second-order valence-corrected chi connectivity index (χ2v) is 2.97. The van der Waals surface area contributed by atoms with E-state index in [4.69, 9.17) is 0 Å². The Labute approximate surface area is 76.3 Å². The molecule has 0 saturated carbocycles. The first-order valence-electron chi connectivity index (χ1n) is 3.67. The second kappa shape index (κ2) is 6.61. The van der Waals surface area contributed by atoms with Crippen LogP contribution in [0.2, 0.25) is 0 Å². The minimum absolute atomic E-state index is 0.140. The molecule has 0 atom stereocenters. The quantitative estimate of drug-likeness (QED) is 0.542. The number of hydrogen-bond donors (Lipinski definition) is 1. The molecule has 4 heteroatoms. The third-order valence-corrected chi connectivity index (χ3v) is 1.94. The van der Waals surface area contributed by atoms with Crippen molar-refractivity contribution in [2.24, 2.45) is 0 Å². The molecule has 0 bridgehead atoms. The molecular weight excluding hydrogens is 208 g/mol. The Kier molecular flexibility index (Phi) is 6.56. The molecule has 0 spiro atoms. The normalized spacial score (nSPS) is 9.73. The topological polar surface area (TPSA) is 32.3 Å². The lowest BCUT2D eigenvalue weighted by Gasteiger charge is -2.14. The average molecular weight is 223 g/mol. The number of rotatable bonds is 5. The fourth-order valence-corrected chi connectivity index (χ4v) is 1.15. The minimum Gasteiger partial charge on any atom is -0.345 e. The molecule has 11 heavy (non-hydrogen) atoms. The molecule has 3 nitrogen and oxygen atoms in total. The molecule has 66 valence electrons. The number of hydrogen-bond acceptors (Lipinski definition) is 2. The van der Waals surface area contributed by atoms with Gasteiger partial charge in [-0.1, -0.05) is 15.9 Å². The maximum Gasteiger partial charge on any atom is 0.232 e. The van der Waals surface area contributed by atoms with Crippen LogP contribution in [-0.4, -0.2) is 43.3 Å². The van der Waals surface area contributed by atoms with Gasteiger partial charge in [-0.25, -0.2) is 0 Å². The van der Waals surface area contributed by atoms with Crippen molar-refractivity contribution < 1.29 is 4.79 Å². The zero-order chi connectivity index (χ0) is 8.69. The first-order chi connectivity index (χ1) is 5.22. The fraction of sp³-hybridized carbons (Fsp3) is 0.857. The van der Waals surface area contributed by atoms with Gasteiger partial charge in [0.1, 0.15) is 0 Å². The first kappa shape index (κ1) is 10.9. The van der Waals surface area contributed by atoms with E-state index in [1.165, 1.54) is 0 Å². The number of carbonyl (C=O) groups is 1. The zero-order valence-electron chi connectivity index (χ0n) is 7.06. The molecule has 0 radical (unpaired) electrons. The third kappa shape index (κ3) is 5.21. The van der Waals surface area contributed by atoms with Gasteiger partial charge in [0.25, 0.3) is 0 Å². The molecule has 0 aromatic heterocycles. The number of halogens is 1. The van der Waals surface area contributed by atoms with Crippen molar-refractivity contribution in [1.82, 2.24) is 10.2 Å². The van der Waals surface area contributed by atoms with Crippen LogP contribution in [0, 0.1) is 0 Å². The molecule has 0 aliphatic heterocycles. The predicted octanol–water partition coefficient (Wildman–Crippen LogP) is 0.449. The maximum atomic E-state index is 11.0. The van der Waals surface area contributed by atoms with E-state index >= 15 is 0 Å². The Hall–Kier alpha value is -0.0900. The number of amides is 1. The van der Waals surface area contributed by atoms with Crippen LogP contribution in [0.3, 0.4) is 0 Å². The number of carbonyl (C=O) groups excluding carboxylic acids is 1. The van der Waals surface area contributed by atoms with E-state index in [-0.39, 0.29) is 5.91 Å². The van der Waals surface area contributed by atoms with Crippen LogP contribution in [0.1, 0.15) is 6.42 Å². The van der Waals surface area contributed by atoms with Gasteiger partial charge >= 0.3 is 0 Å². The van der Waals surface area contributed by atoms with Crippen molar-refractivity contribution in [2.45, 2.75) is 6.42 Å². The Balaban J connectivity index is 3.36. The van der Waals surface area contributed by atoms with Gasteiger partial charge in [-0.2, -0.15) is 0 Å². The van der Waals surface area contributed by atoms with Crippen LogP contribution in [0.15, 0.2) is 0 Å². The highest BCUT2D eigenvalue weighted by molar-refractivity contribution is 9.09. The van der Waals surface area contributed by atoms with Crippen LogP contribution in [0.4, 0.5) is 0 Å². The van der Waals surface area contributed by atoms with E-state index in [1.807, 2.05) is 14.1 Å². The predicted molar refractivity (Wildman–Crippen MR) is 50.0 cm³/mol. The van der Waals surface area contributed by atoms with Crippen LogP contribution in [0.5, 0.6) is 0 Å². The lowest BCUT2D eigenvalue weighted by molar-refractivity contribution is -0.127. The van der Waals surface area contributed by atoms with Gasteiger partial charge in [-0.3, -0.25) is 4.79 Å². The van der Waals surface area contributed by atoms with Gasteiger partial charge in [0.2, 0.25) is 5.91 Å². The summed E-state index contributed by atoms with van der Waals surface area (Å²) in [7, 11) is 3.73. The van der Waals surface area contributed by atoms with Crippen LogP contribution in [-0.2, 0) is 4.79 Å². The Bertz CT molecular complexity index is 119. The molecular formula is C7H15BrN2O. The van der Waals surface area contributed by atoms with Crippen molar-refractivity contribution in [3.8, 4) is 0 Å². The van der Waals surface area contributed by atoms with E-state index in [2.05, 4.69) is 21.2 Å². The Morgan fingerprint density at radius 2 is 2.27 bits per heavy atom. The standard InChI is InChI=1S/C7H15BrN2O/c1-9-4-3-5-10(2)7(11)6-8/h9H,3-6H2,1-2H3. The van der Waals surface area contributed by atoms with Crippen molar-refractivity contribution >= 4 is 21.8 Å². The molecule has 0 heterocycles. The summed E-state index contributed by atoms with van der Waals surface area (Å²) in [6, 6.07) is 0. The van der Waals surface area contributed by atoms with Crippen molar-refractivity contribution in [3.05, 3.63) is 0 Å². The fourth-order valence-electron chi connectivity index (χ4n) is 0.720.